The Hall–Kier alpha value is -3.05. The van der Waals surface area contributed by atoms with Gasteiger partial charge < -0.3 is 9.84 Å². The van der Waals surface area contributed by atoms with Crippen LogP contribution in [0.15, 0.2) is 48.9 Å². The van der Waals surface area contributed by atoms with Gasteiger partial charge in [0.1, 0.15) is 12.8 Å². The maximum atomic E-state index is 13.6. The van der Waals surface area contributed by atoms with Crippen LogP contribution in [0.25, 0.3) is 11.1 Å². The number of pyridine rings is 1. The number of halogens is 5. The van der Waals surface area contributed by atoms with E-state index in [9.17, 15) is 27.1 Å². The first-order valence-electron chi connectivity index (χ1n) is 10.6. The number of fused-ring (bicyclic) bond motifs is 1. The van der Waals surface area contributed by atoms with Crippen molar-refractivity contribution >= 4 is 0 Å². The fourth-order valence-corrected chi connectivity index (χ4v) is 3.75. The summed E-state index contributed by atoms with van der Waals surface area (Å²) in [6, 6.07) is 8.86. The quantitative estimate of drug-likeness (QED) is 0.461. The zero-order valence-electron chi connectivity index (χ0n) is 18.3. The molecular weight excluding hydrogens is 459 g/mol. The van der Waals surface area contributed by atoms with Gasteiger partial charge in [0.25, 0.3) is 5.92 Å². The van der Waals surface area contributed by atoms with Crippen molar-refractivity contribution in [3.63, 3.8) is 0 Å². The van der Waals surface area contributed by atoms with Crippen LogP contribution in [0.2, 0.25) is 0 Å². The molecule has 1 aliphatic rings. The largest absolute Gasteiger partial charge is 0.471 e. The maximum absolute atomic E-state index is 13.6. The third kappa shape index (κ3) is 5.53. The number of ether oxygens (including phenoxy) is 1. The summed E-state index contributed by atoms with van der Waals surface area (Å²) in [6.07, 6.45) is -1.62. The van der Waals surface area contributed by atoms with E-state index in [1.807, 2.05) is 12.1 Å². The highest BCUT2D eigenvalue weighted by molar-refractivity contribution is 5.62. The van der Waals surface area contributed by atoms with Gasteiger partial charge >= 0.3 is 6.18 Å². The molecule has 0 saturated carbocycles. The standard InChI is InChI=1S/C23H23F5N4O2/c1-2-22(24,25)14-34-20-19-17(7-8-29-20)11-31(21(19)33)10-15-3-5-16(6-4-15)18-9-30-32(12-18)13-23(26,27)28/h3-9,12,21,33H,2,10-11,13-14H2,1H3. The van der Waals surface area contributed by atoms with Crippen molar-refractivity contribution in [3.05, 3.63) is 65.6 Å². The van der Waals surface area contributed by atoms with Crippen molar-refractivity contribution in [2.45, 2.75) is 51.3 Å². The number of aliphatic hydroxyl groups is 1. The molecule has 6 nitrogen and oxygen atoms in total. The van der Waals surface area contributed by atoms with Gasteiger partial charge in [-0.25, -0.2) is 13.8 Å². The monoisotopic (exact) mass is 482 g/mol. The molecule has 0 spiro atoms. The first kappa shape index (κ1) is 24.1. The average Bonchev–Trinajstić information content (AvgIpc) is 3.36. The summed E-state index contributed by atoms with van der Waals surface area (Å²) in [5, 5.41) is 14.6. The van der Waals surface area contributed by atoms with Gasteiger partial charge in [-0.1, -0.05) is 31.2 Å². The molecule has 3 aromatic rings. The molecular formula is C23H23F5N4O2. The highest BCUT2D eigenvalue weighted by Crippen LogP contribution is 2.38. The van der Waals surface area contributed by atoms with E-state index in [2.05, 4.69) is 10.1 Å². The number of alkyl halides is 5. The van der Waals surface area contributed by atoms with Crippen LogP contribution in [-0.4, -0.2) is 43.5 Å². The molecule has 3 heterocycles. The molecule has 1 unspecified atom stereocenters. The van der Waals surface area contributed by atoms with E-state index < -0.39 is 31.5 Å². The normalized spacial score (nSPS) is 16.6. The van der Waals surface area contributed by atoms with Crippen LogP contribution in [0, 0.1) is 0 Å². The molecule has 1 aliphatic heterocycles. The van der Waals surface area contributed by atoms with Gasteiger partial charge in [0.05, 0.1) is 11.8 Å². The Balaban J connectivity index is 1.43. The minimum atomic E-state index is -4.35. The summed E-state index contributed by atoms with van der Waals surface area (Å²) >= 11 is 0. The fraction of sp³-hybridized carbons (Fsp3) is 0.391. The number of benzene rings is 1. The topological polar surface area (TPSA) is 63.4 Å². The number of aliphatic hydroxyl groups excluding tert-OH is 1. The van der Waals surface area contributed by atoms with E-state index in [1.165, 1.54) is 25.5 Å². The number of nitrogens with zero attached hydrogens (tertiary/aromatic N) is 4. The molecule has 0 aliphatic carbocycles. The lowest BCUT2D eigenvalue weighted by Gasteiger charge is -2.21. The van der Waals surface area contributed by atoms with Gasteiger partial charge in [0, 0.05) is 37.5 Å². The predicted molar refractivity (Wildman–Crippen MR) is 113 cm³/mol. The van der Waals surface area contributed by atoms with Crippen molar-refractivity contribution in [1.82, 2.24) is 19.7 Å². The number of hydrogen-bond donors (Lipinski definition) is 1. The summed E-state index contributed by atoms with van der Waals surface area (Å²) in [7, 11) is 0. The molecule has 0 amide bonds. The number of rotatable bonds is 8. The van der Waals surface area contributed by atoms with Crippen molar-refractivity contribution in [3.8, 4) is 17.0 Å². The second-order valence-corrected chi connectivity index (χ2v) is 8.20. The summed E-state index contributed by atoms with van der Waals surface area (Å²) in [4.78, 5) is 5.77. The van der Waals surface area contributed by atoms with Crippen LogP contribution >= 0.6 is 0 Å². The van der Waals surface area contributed by atoms with E-state index in [4.69, 9.17) is 4.74 Å². The summed E-state index contributed by atoms with van der Waals surface area (Å²) in [5.41, 5.74) is 3.24. The van der Waals surface area contributed by atoms with Gasteiger partial charge in [-0.05, 0) is 22.8 Å². The second kappa shape index (κ2) is 9.30. The van der Waals surface area contributed by atoms with Crippen molar-refractivity contribution in [1.29, 1.82) is 0 Å². The molecule has 1 atom stereocenters. The van der Waals surface area contributed by atoms with Crippen LogP contribution in [0.4, 0.5) is 22.0 Å². The molecule has 0 fully saturated rings. The minimum absolute atomic E-state index is 0.00755. The third-order valence-electron chi connectivity index (χ3n) is 5.61. The van der Waals surface area contributed by atoms with E-state index in [0.29, 0.717) is 29.8 Å². The molecule has 1 N–H and O–H groups in total. The van der Waals surface area contributed by atoms with Crippen LogP contribution < -0.4 is 4.74 Å². The van der Waals surface area contributed by atoms with Gasteiger partial charge in [0.2, 0.25) is 5.88 Å². The fourth-order valence-electron chi connectivity index (χ4n) is 3.75. The lowest BCUT2D eigenvalue weighted by Crippen LogP contribution is -2.25. The first-order valence-corrected chi connectivity index (χ1v) is 10.6. The van der Waals surface area contributed by atoms with Crippen molar-refractivity contribution < 1.29 is 31.8 Å². The zero-order valence-corrected chi connectivity index (χ0v) is 18.3. The molecule has 11 heteroatoms. The van der Waals surface area contributed by atoms with E-state index >= 15 is 0 Å². The molecule has 0 radical (unpaired) electrons. The Morgan fingerprint density at radius 1 is 1.09 bits per heavy atom. The Morgan fingerprint density at radius 2 is 1.82 bits per heavy atom. The number of hydrogen-bond acceptors (Lipinski definition) is 5. The van der Waals surface area contributed by atoms with Crippen LogP contribution in [0.3, 0.4) is 0 Å². The minimum Gasteiger partial charge on any atom is -0.471 e. The van der Waals surface area contributed by atoms with E-state index in [1.54, 1.807) is 23.1 Å². The van der Waals surface area contributed by atoms with Crippen LogP contribution in [0.1, 0.15) is 36.3 Å². The van der Waals surface area contributed by atoms with Gasteiger partial charge in [-0.3, -0.25) is 9.58 Å². The molecule has 0 bridgehead atoms. The zero-order chi connectivity index (χ0) is 24.5. The molecule has 2 aromatic heterocycles. The Bertz CT molecular complexity index is 1130. The maximum Gasteiger partial charge on any atom is 0.408 e. The smallest absolute Gasteiger partial charge is 0.408 e. The Morgan fingerprint density at radius 3 is 2.50 bits per heavy atom. The van der Waals surface area contributed by atoms with E-state index in [0.717, 1.165) is 15.8 Å². The van der Waals surface area contributed by atoms with Gasteiger partial charge in [-0.15, -0.1) is 0 Å². The summed E-state index contributed by atoms with van der Waals surface area (Å²) in [6.45, 7) is 0.123. The van der Waals surface area contributed by atoms with Gasteiger partial charge in [-0.2, -0.15) is 18.3 Å². The average molecular weight is 482 g/mol. The van der Waals surface area contributed by atoms with Crippen molar-refractivity contribution in [2.75, 3.05) is 6.61 Å². The number of aromatic nitrogens is 3. The second-order valence-electron chi connectivity index (χ2n) is 8.20. The molecule has 1 aromatic carbocycles. The molecule has 0 saturated heterocycles. The SMILES string of the molecule is CCC(F)(F)COc1nccc2c1C(O)N(Cc1ccc(-c3cnn(CC(F)(F)F)c3)cc1)C2. The van der Waals surface area contributed by atoms with Crippen LogP contribution in [-0.2, 0) is 19.6 Å². The van der Waals surface area contributed by atoms with Crippen LogP contribution in [0.5, 0.6) is 5.88 Å². The highest BCUT2D eigenvalue weighted by atomic mass is 19.4. The summed E-state index contributed by atoms with van der Waals surface area (Å²) in [5.74, 6) is -3.00. The molecule has 4 rings (SSSR count). The lowest BCUT2D eigenvalue weighted by atomic mass is 10.1. The Kier molecular flexibility index (Phi) is 6.59. The summed E-state index contributed by atoms with van der Waals surface area (Å²) < 4.78 is 70.9. The molecule has 34 heavy (non-hydrogen) atoms. The Labute approximate surface area is 192 Å². The highest BCUT2D eigenvalue weighted by Gasteiger charge is 2.34. The lowest BCUT2D eigenvalue weighted by molar-refractivity contribution is -0.142. The van der Waals surface area contributed by atoms with Gasteiger partial charge in [0.15, 0.2) is 6.61 Å². The third-order valence-corrected chi connectivity index (χ3v) is 5.61. The predicted octanol–water partition coefficient (Wildman–Crippen LogP) is 4.94. The molecule has 182 valence electrons. The first-order chi connectivity index (χ1) is 16.0. The van der Waals surface area contributed by atoms with Crippen molar-refractivity contribution in [2.24, 2.45) is 0 Å². The van der Waals surface area contributed by atoms with E-state index in [-0.39, 0.29) is 12.3 Å².